The Morgan fingerprint density at radius 2 is 2.00 bits per heavy atom. The highest BCUT2D eigenvalue weighted by molar-refractivity contribution is 7.80. The van der Waals surface area contributed by atoms with E-state index >= 15 is 0 Å². The molecule has 0 aromatic carbocycles. The van der Waals surface area contributed by atoms with E-state index in [4.69, 9.17) is 10.8 Å². The number of aliphatic hydroxyl groups excluding tert-OH is 1. The highest BCUT2D eigenvalue weighted by Crippen LogP contribution is 2.19. The maximum absolute atomic E-state index is 12.7. The van der Waals surface area contributed by atoms with Gasteiger partial charge in [-0.05, 0) is 19.8 Å². The molecule has 1 heterocycles. The largest absolute Gasteiger partial charge is 0.480 e. The number of likely N-dealkylation sites (tertiary alicyclic amines) is 1. The minimum absolute atomic E-state index is 0.0660. The zero-order valence-electron chi connectivity index (χ0n) is 13.8. The summed E-state index contributed by atoms with van der Waals surface area (Å²) in [5.41, 5.74) is 5.55. The third-order valence-electron chi connectivity index (χ3n) is 3.83. The van der Waals surface area contributed by atoms with Crippen LogP contribution in [0.3, 0.4) is 0 Å². The summed E-state index contributed by atoms with van der Waals surface area (Å²) in [7, 11) is 0. The molecule has 25 heavy (non-hydrogen) atoms. The van der Waals surface area contributed by atoms with Gasteiger partial charge in [-0.1, -0.05) is 0 Å². The highest BCUT2D eigenvalue weighted by atomic mass is 32.1. The molecule has 142 valence electrons. The predicted molar refractivity (Wildman–Crippen MR) is 90.8 cm³/mol. The number of nitrogens with one attached hydrogen (secondary N) is 2. The van der Waals surface area contributed by atoms with Crippen molar-refractivity contribution in [3.8, 4) is 0 Å². The molecule has 0 aliphatic carbocycles. The number of nitrogens with zero attached hydrogens (tertiary/aromatic N) is 1. The van der Waals surface area contributed by atoms with Crippen molar-refractivity contribution in [3.63, 3.8) is 0 Å². The molecule has 1 fully saturated rings. The molecular formula is C14H24N4O6S. The molecule has 6 N–H and O–H groups in total. The van der Waals surface area contributed by atoms with E-state index in [1.807, 2.05) is 0 Å². The number of carbonyl (C=O) groups is 4. The summed E-state index contributed by atoms with van der Waals surface area (Å²) in [6.07, 6.45) is -0.284. The molecule has 1 aliphatic rings. The molecule has 1 rings (SSSR count). The third-order valence-corrected chi connectivity index (χ3v) is 4.23. The van der Waals surface area contributed by atoms with Crippen LogP contribution in [0.4, 0.5) is 0 Å². The van der Waals surface area contributed by atoms with Crippen LogP contribution in [0.25, 0.3) is 0 Å². The van der Waals surface area contributed by atoms with Crippen LogP contribution in [-0.4, -0.2) is 81.9 Å². The number of amides is 3. The first-order valence-electron chi connectivity index (χ1n) is 7.83. The summed E-state index contributed by atoms with van der Waals surface area (Å²) in [6, 6.07) is -3.04. The maximum atomic E-state index is 12.7. The monoisotopic (exact) mass is 376 g/mol. The molecule has 3 amide bonds. The smallest absolute Gasteiger partial charge is 0.322 e. The zero-order chi connectivity index (χ0) is 19.1. The summed E-state index contributed by atoms with van der Waals surface area (Å²) in [6.45, 7) is 1.05. The van der Waals surface area contributed by atoms with E-state index < -0.39 is 54.5 Å². The van der Waals surface area contributed by atoms with Crippen LogP contribution in [0.15, 0.2) is 0 Å². The number of nitrogens with two attached hydrogens (primary N) is 1. The van der Waals surface area contributed by atoms with E-state index in [0.717, 1.165) is 0 Å². The van der Waals surface area contributed by atoms with Gasteiger partial charge < -0.3 is 31.5 Å². The van der Waals surface area contributed by atoms with Crippen molar-refractivity contribution in [1.82, 2.24) is 15.5 Å². The molecule has 4 unspecified atom stereocenters. The lowest BCUT2D eigenvalue weighted by molar-refractivity contribution is -0.144. The van der Waals surface area contributed by atoms with Gasteiger partial charge in [0.1, 0.15) is 18.6 Å². The van der Waals surface area contributed by atoms with Crippen LogP contribution in [0.2, 0.25) is 0 Å². The van der Waals surface area contributed by atoms with Crippen molar-refractivity contribution in [2.75, 3.05) is 18.8 Å². The van der Waals surface area contributed by atoms with Gasteiger partial charge in [0.2, 0.25) is 17.7 Å². The average Bonchev–Trinajstić information content (AvgIpc) is 3.05. The number of carboxylic acids is 1. The van der Waals surface area contributed by atoms with E-state index in [-0.39, 0.29) is 12.3 Å². The topological polar surface area (TPSA) is 162 Å². The van der Waals surface area contributed by atoms with Gasteiger partial charge >= 0.3 is 5.97 Å². The Morgan fingerprint density at radius 3 is 2.52 bits per heavy atom. The lowest BCUT2D eigenvalue weighted by atomic mass is 10.1. The Labute approximate surface area is 150 Å². The van der Waals surface area contributed by atoms with Crippen LogP contribution >= 0.6 is 12.6 Å². The number of hydrogen-bond donors (Lipinski definition) is 6. The number of hydrogen-bond acceptors (Lipinski definition) is 7. The first-order valence-corrected chi connectivity index (χ1v) is 8.47. The van der Waals surface area contributed by atoms with Gasteiger partial charge in [-0.25, -0.2) is 0 Å². The summed E-state index contributed by atoms with van der Waals surface area (Å²) in [5.74, 6) is -2.98. The van der Waals surface area contributed by atoms with E-state index in [9.17, 15) is 24.3 Å². The lowest BCUT2D eigenvalue weighted by Gasteiger charge is -2.30. The second kappa shape index (κ2) is 9.59. The van der Waals surface area contributed by atoms with E-state index in [1.165, 1.54) is 11.8 Å². The predicted octanol–water partition coefficient (Wildman–Crippen LogP) is -2.70. The fourth-order valence-corrected chi connectivity index (χ4v) is 2.66. The highest BCUT2D eigenvalue weighted by Gasteiger charge is 2.39. The Hall–Kier alpha value is -1.85. The third kappa shape index (κ3) is 5.87. The summed E-state index contributed by atoms with van der Waals surface area (Å²) < 4.78 is 0. The summed E-state index contributed by atoms with van der Waals surface area (Å²) >= 11 is 3.90. The van der Waals surface area contributed by atoms with Gasteiger partial charge in [-0.15, -0.1) is 0 Å². The fourth-order valence-electron chi connectivity index (χ4n) is 2.49. The Balaban J connectivity index is 2.83. The minimum atomic E-state index is -1.26. The van der Waals surface area contributed by atoms with E-state index in [0.29, 0.717) is 12.8 Å². The molecule has 10 nitrogen and oxygen atoms in total. The number of aliphatic carboxylic acids is 1. The van der Waals surface area contributed by atoms with Gasteiger partial charge in [0.15, 0.2) is 0 Å². The Bertz CT molecular complexity index is 529. The fraction of sp³-hybridized carbons (Fsp3) is 0.714. The first kappa shape index (κ1) is 21.2. The number of carbonyl (C=O) groups excluding carboxylic acids is 3. The molecule has 11 heteroatoms. The Morgan fingerprint density at radius 1 is 1.36 bits per heavy atom. The van der Waals surface area contributed by atoms with Crippen LogP contribution < -0.4 is 16.4 Å². The van der Waals surface area contributed by atoms with Gasteiger partial charge in [0.05, 0.1) is 12.1 Å². The number of carboxylic acid groups (broad SMARTS) is 1. The molecule has 0 spiro atoms. The molecule has 0 aromatic heterocycles. The molecule has 0 bridgehead atoms. The maximum Gasteiger partial charge on any atom is 0.322 e. The molecule has 0 aromatic rings. The summed E-state index contributed by atoms with van der Waals surface area (Å²) in [5, 5.41) is 23.1. The second-order valence-electron chi connectivity index (χ2n) is 5.82. The van der Waals surface area contributed by atoms with Crippen molar-refractivity contribution in [3.05, 3.63) is 0 Å². The van der Waals surface area contributed by atoms with E-state index in [2.05, 4.69) is 23.3 Å². The number of aliphatic hydroxyl groups is 1. The first-order chi connectivity index (χ1) is 11.7. The molecule has 0 saturated carbocycles. The van der Waals surface area contributed by atoms with Gasteiger partial charge in [-0.3, -0.25) is 19.2 Å². The van der Waals surface area contributed by atoms with Crippen LogP contribution in [-0.2, 0) is 19.2 Å². The zero-order valence-corrected chi connectivity index (χ0v) is 14.7. The molecule has 1 saturated heterocycles. The second-order valence-corrected chi connectivity index (χ2v) is 6.18. The van der Waals surface area contributed by atoms with Crippen LogP contribution in [0.1, 0.15) is 19.8 Å². The normalized spacial score (nSPS) is 20.5. The van der Waals surface area contributed by atoms with Crippen molar-refractivity contribution >= 4 is 36.3 Å². The SMILES string of the molecule is CC(O)C(NC(=O)C(N)CS)C(=O)N1CCCC1C(=O)NCC(=O)O. The van der Waals surface area contributed by atoms with E-state index in [1.54, 1.807) is 0 Å². The van der Waals surface area contributed by atoms with Crippen LogP contribution in [0, 0.1) is 0 Å². The average molecular weight is 376 g/mol. The van der Waals surface area contributed by atoms with Gasteiger partial charge in [0, 0.05) is 12.3 Å². The van der Waals surface area contributed by atoms with Gasteiger partial charge in [0.25, 0.3) is 0 Å². The Kier molecular flexibility index (Phi) is 8.13. The molecule has 1 aliphatic heterocycles. The summed E-state index contributed by atoms with van der Waals surface area (Å²) in [4.78, 5) is 48.4. The lowest BCUT2D eigenvalue weighted by Crippen LogP contribution is -2.59. The minimum Gasteiger partial charge on any atom is -0.480 e. The van der Waals surface area contributed by atoms with Crippen LogP contribution in [0.5, 0.6) is 0 Å². The van der Waals surface area contributed by atoms with Crippen molar-refractivity contribution in [1.29, 1.82) is 0 Å². The van der Waals surface area contributed by atoms with Gasteiger partial charge in [-0.2, -0.15) is 12.6 Å². The van der Waals surface area contributed by atoms with Crippen molar-refractivity contribution in [2.45, 2.75) is 44.0 Å². The molecule has 0 radical (unpaired) electrons. The standard InChI is InChI=1S/C14H24N4O6S/c1-7(19)11(17-12(22)8(15)6-25)14(24)18-4-2-3-9(18)13(23)16-5-10(20)21/h7-9,11,19,25H,2-6,15H2,1H3,(H,16,23)(H,17,22)(H,20,21). The quantitative estimate of drug-likeness (QED) is 0.251. The number of thiol groups is 1. The van der Waals surface area contributed by atoms with Crippen molar-refractivity contribution in [2.24, 2.45) is 5.73 Å². The molecule has 4 atom stereocenters. The molecular weight excluding hydrogens is 352 g/mol. The van der Waals surface area contributed by atoms with Crippen molar-refractivity contribution < 1.29 is 29.4 Å². The number of rotatable bonds is 8.